The van der Waals surface area contributed by atoms with E-state index in [1.807, 2.05) is 20.8 Å². The molecule has 27 heavy (non-hydrogen) atoms. The van der Waals surface area contributed by atoms with Gasteiger partial charge in [-0.2, -0.15) is 0 Å². The minimum atomic E-state index is -1.14. The zero-order chi connectivity index (χ0) is 22.0. The van der Waals surface area contributed by atoms with Crippen molar-refractivity contribution in [1.82, 2.24) is 0 Å². The molecule has 0 aromatic carbocycles. The average molecular weight is 387 g/mol. The van der Waals surface area contributed by atoms with Crippen LogP contribution in [0.3, 0.4) is 0 Å². The number of rotatable bonds is 9. The fourth-order valence-electron chi connectivity index (χ4n) is 2.72. The van der Waals surface area contributed by atoms with Gasteiger partial charge in [-0.25, -0.2) is 0 Å². The van der Waals surface area contributed by atoms with Crippen molar-refractivity contribution >= 4 is 17.5 Å². The van der Waals surface area contributed by atoms with Crippen LogP contribution in [0, 0.1) is 10.8 Å². The molecule has 0 bridgehead atoms. The molecule has 0 spiro atoms. The number of hydrogen-bond donors (Lipinski definition) is 1. The fraction of sp³-hybridized carbons (Fsp3) is 0.857. The summed E-state index contributed by atoms with van der Waals surface area (Å²) >= 11 is 0. The highest BCUT2D eigenvalue weighted by Gasteiger charge is 2.49. The Hall–Kier alpha value is -1.27. The lowest BCUT2D eigenvalue weighted by molar-refractivity contribution is -0.183. The van der Waals surface area contributed by atoms with E-state index in [1.54, 1.807) is 55.4 Å². The Labute approximate surface area is 164 Å². The molecule has 0 aromatic heterocycles. The van der Waals surface area contributed by atoms with Crippen molar-refractivity contribution in [2.75, 3.05) is 0 Å². The Bertz CT molecular complexity index is 560. The minimum Gasteiger partial charge on any atom is -0.481 e. The van der Waals surface area contributed by atoms with E-state index >= 15 is 0 Å². The summed E-state index contributed by atoms with van der Waals surface area (Å²) in [6.07, 6.45) is -2.25. The fourth-order valence-corrected chi connectivity index (χ4v) is 2.72. The number of hydrogen-bond acceptors (Lipinski definition) is 5. The van der Waals surface area contributed by atoms with Crippen LogP contribution in [-0.2, 0) is 23.9 Å². The normalized spacial score (nSPS) is 16.0. The third kappa shape index (κ3) is 7.34. The SMILES string of the molecule is CC(OC(C)(C)C)C(=O)C(C)(C)C(C)(C)OC(CC(=O)O)C(=O)C(C)(C)C. The van der Waals surface area contributed by atoms with Gasteiger partial charge in [-0.15, -0.1) is 0 Å². The van der Waals surface area contributed by atoms with Crippen molar-refractivity contribution in [3.63, 3.8) is 0 Å². The first-order valence-electron chi connectivity index (χ1n) is 9.38. The van der Waals surface area contributed by atoms with Gasteiger partial charge in [0.2, 0.25) is 0 Å². The van der Waals surface area contributed by atoms with Crippen LogP contribution in [0.1, 0.15) is 82.6 Å². The number of carboxylic acid groups (broad SMARTS) is 1. The van der Waals surface area contributed by atoms with Crippen LogP contribution in [0.5, 0.6) is 0 Å². The van der Waals surface area contributed by atoms with Crippen LogP contribution < -0.4 is 0 Å². The van der Waals surface area contributed by atoms with Gasteiger partial charge in [0.1, 0.15) is 12.2 Å². The lowest BCUT2D eigenvalue weighted by Gasteiger charge is -2.44. The number of carboxylic acids is 1. The van der Waals surface area contributed by atoms with Crippen molar-refractivity contribution < 1.29 is 29.0 Å². The lowest BCUT2D eigenvalue weighted by atomic mass is 9.71. The van der Waals surface area contributed by atoms with Crippen LogP contribution in [0.4, 0.5) is 0 Å². The highest BCUT2D eigenvalue weighted by Crippen LogP contribution is 2.39. The number of ketones is 2. The largest absolute Gasteiger partial charge is 0.481 e. The maximum Gasteiger partial charge on any atom is 0.306 e. The molecular weight excluding hydrogens is 348 g/mol. The molecule has 6 heteroatoms. The summed E-state index contributed by atoms with van der Waals surface area (Å²) in [5.74, 6) is -1.60. The summed E-state index contributed by atoms with van der Waals surface area (Å²) in [4.78, 5) is 37.0. The van der Waals surface area contributed by atoms with Gasteiger partial charge in [0.15, 0.2) is 11.6 Å². The van der Waals surface area contributed by atoms with Crippen LogP contribution in [0.15, 0.2) is 0 Å². The Kier molecular flexibility index (Phi) is 8.00. The number of ether oxygens (including phenoxy) is 2. The molecule has 6 nitrogen and oxygen atoms in total. The highest BCUT2D eigenvalue weighted by molar-refractivity contribution is 5.91. The average Bonchev–Trinajstić information content (AvgIpc) is 2.40. The molecule has 0 radical (unpaired) electrons. The molecule has 2 atom stereocenters. The van der Waals surface area contributed by atoms with Crippen molar-refractivity contribution in [3.05, 3.63) is 0 Å². The molecule has 0 aliphatic rings. The van der Waals surface area contributed by atoms with Gasteiger partial charge >= 0.3 is 5.97 Å². The Morgan fingerprint density at radius 2 is 1.26 bits per heavy atom. The van der Waals surface area contributed by atoms with Crippen molar-refractivity contribution in [1.29, 1.82) is 0 Å². The maximum absolute atomic E-state index is 13.1. The molecule has 0 fully saturated rings. The second-order valence-corrected chi connectivity index (χ2v) is 10.2. The van der Waals surface area contributed by atoms with E-state index in [1.165, 1.54) is 0 Å². The first kappa shape index (κ1) is 25.7. The molecule has 0 aliphatic heterocycles. The van der Waals surface area contributed by atoms with E-state index in [4.69, 9.17) is 9.47 Å². The summed E-state index contributed by atoms with van der Waals surface area (Å²) in [6, 6.07) is 0. The van der Waals surface area contributed by atoms with E-state index in [0.29, 0.717) is 0 Å². The lowest BCUT2D eigenvalue weighted by Crippen LogP contribution is -2.54. The molecular formula is C21H38O6. The Balaban J connectivity index is 5.67. The molecule has 0 aromatic rings. The van der Waals surface area contributed by atoms with Gasteiger partial charge in [0.25, 0.3) is 0 Å². The molecule has 1 N–H and O–H groups in total. The number of carbonyl (C=O) groups is 3. The second-order valence-electron chi connectivity index (χ2n) is 10.2. The smallest absolute Gasteiger partial charge is 0.306 e. The molecule has 0 heterocycles. The number of aliphatic carboxylic acids is 1. The van der Waals surface area contributed by atoms with Gasteiger partial charge in [-0.05, 0) is 41.5 Å². The van der Waals surface area contributed by atoms with Crippen molar-refractivity contribution in [3.8, 4) is 0 Å². The van der Waals surface area contributed by atoms with Gasteiger partial charge in [-0.3, -0.25) is 14.4 Å². The predicted octanol–water partition coefficient (Wildman–Crippen LogP) is 4.04. The quantitative estimate of drug-likeness (QED) is 0.643. The summed E-state index contributed by atoms with van der Waals surface area (Å²) < 4.78 is 11.8. The minimum absolute atomic E-state index is 0.167. The van der Waals surface area contributed by atoms with E-state index in [2.05, 4.69) is 0 Å². The molecule has 0 saturated heterocycles. The van der Waals surface area contributed by atoms with Gasteiger partial charge < -0.3 is 14.6 Å². The Morgan fingerprint density at radius 3 is 1.59 bits per heavy atom. The first-order chi connectivity index (χ1) is 11.7. The Morgan fingerprint density at radius 1 is 0.815 bits per heavy atom. The molecule has 2 unspecified atom stereocenters. The zero-order valence-electron chi connectivity index (χ0n) is 18.9. The molecule has 0 amide bonds. The zero-order valence-corrected chi connectivity index (χ0v) is 18.9. The topological polar surface area (TPSA) is 89.9 Å². The molecule has 0 rings (SSSR count). The molecule has 158 valence electrons. The van der Waals surface area contributed by atoms with Crippen molar-refractivity contribution in [2.24, 2.45) is 10.8 Å². The van der Waals surface area contributed by atoms with Gasteiger partial charge in [0.05, 0.1) is 23.0 Å². The van der Waals surface area contributed by atoms with Crippen LogP contribution in [0.2, 0.25) is 0 Å². The second kappa shape index (κ2) is 8.39. The summed E-state index contributed by atoms with van der Waals surface area (Å²) in [5.41, 5.74) is -3.33. The van der Waals surface area contributed by atoms with E-state index < -0.39 is 46.6 Å². The first-order valence-corrected chi connectivity index (χ1v) is 9.38. The summed E-state index contributed by atoms with van der Waals surface area (Å²) in [5, 5.41) is 9.20. The van der Waals surface area contributed by atoms with Crippen molar-refractivity contribution in [2.45, 2.75) is 106 Å². The van der Waals surface area contributed by atoms with Crippen LogP contribution >= 0.6 is 0 Å². The van der Waals surface area contributed by atoms with Crippen LogP contribution in [-0.4, -0.2) is 46.1 Å². The van der Waals surface area contributed by atoms with Gasteiger partial charge in [-0.1, -0.05) is 34.6 Å². The standard InChI is InChI=1S/C21H38O6/c1-13(26-19(5,6)7)16(24)20(8,9)21(10,11)27-14(12-15(22)23)17(25)18(2,3)4/h13-14H,12H2,1-11H3,(H,22,23). The summed E-state index contributed by atoms with van der Waals surface area (Å²) in [6.45, 7) is 19.3. The third-order valence-electron chi connectivity index (χ3n) is 4.85. The monoisotopic (exact) mass is 386 g/mol. The predicted molar refractivity (Wildman–Crippen MR) is 105 cm³/mol. The van der Waals surface area contributed by atoms with E-state index in [-0.39, 0.29) is 11.6 Å². The maximum atomic E-state index is 13.1. The summed E-state index contributed by atoms with van der Waals surface area (Å²) in [7, 11) is 0. The van der Waals surface area contributed by atoms with E-state index in [9.17, 15) is 19.5 Å². The van der Waals surface area contributed by atoms with Gasteiger partial charge in [0, 0.05) is 5.41 Å². The molecule has 0 saturated carbocycles. The van der Waals surface area contributed by atoms with Crippen LogP contribution in [0.25, 0.3) is 0 Å². The number of Topliss-reactive ketones (excluding diaryl/α,β-unsaturated/α-hetero) is 2. The molecule has 0 aliphatic carbocycles. The van der Waals surface area contributed by atoms with E-state index in [0.717, 1.165) is 0 Å². The third-order valence-corrected chi connectivity index (χ3v) is 4.85. The number of carbonyl (C=O) groups excluding carboxylic acids is 2. The highest BCUT2D eigenvalue weighted by atomic mass is 16.5.